The van der Waals surface area contributed by atoms with Crippen LogP contribution in [0.25, 0.3) is 10.8 Å². The molecule has 0 aliphatic heterocycles. The maximum atomic E-state index is 5.79. The first-order chi connectivity index (χ1) is 8.72. The Bertz CT molecular complexity index is 703. The Labute approximate surface area is 105 Å². The number of anilines is 1. The van der Waals surface area contributed by atoms with E-state index in [4.69, 9.17) is 10.5 Å². The zero-order chi connectivity index (χ0) is 12.5. The first-order valence-corrected chi connectivity index (χ1v) is 5.68. The van der Waals surface area contributed by atoms with E-state index in [1.807, 2.05) is 43.4 Å². The summed E-state index contributed by atoms with van der Waals surface area (Å²) in [4.78, 5) is 0. The van der Waals surface area contributed by atoms with Crippen LogP contribution in [0.3, 0.4) is 0 Å². The van der Waals surface area contributed by atoms with Gasteiger partial charge in [-0.05, 0) is 22.9 Å². The van der Waals surface area contributed by atoms with Gasteiger partial charge >= 0.3 is 0 Å². The molecule has 0 unspecified atom stereocenters. The Morgan fingerprint density at radius 2 is 1.89 bits per heavy atom. The molecule has 4 nitrogen and oxygen atoms in total. The van der Waals surface area contributed by atoms with E-state index in [0.29, 0.717) is 11.6 Å². The molecule has 0 saturated heterocycles. The SMILES string of the molecule is Cn1cc(N)c(Oc2ccc3ccccc3c2)n1. The van der Waals surface area contributed by atoms with Crippen LogP contribution in [-0.4, -0.2) is 9.78 Å². The molecule has 1 heterocycles. The third-order valence-corrected chi connectivity index (χ3v) is 2.76. The van der Waals surface area contributed by atoms with E-state index in [0.717, 1.165) is 11.1 Å². The van der Waals surface area contributed by atoms with Crippen molar-refractivity contribution in [3.05, 3.63) is 48.7 Å². The van der Waals surface area contributed by atoms with Crippen molar-refractivity contribution in [2.24, 2.45) is 7.05 Å². The standard InChI is InChI=1S/C14H13N3O/c1-17-9-13(15)14(16-17)18-12-7-6-10-4-2-3-5-11(10)8-12/h2-9H,15H2,1H3. The lowest BCUT2D eigenvalue weighted by atomic mass is 10.1. The van der Waals surface area contributed by atoms with Crippen LogP contribution in [0.15, 0.2) is 48.7 Å². The summed E-state index contributed by atoms with van der Waals surface area (Å²) in [6.07, 6.45) is 1.72. The molecule has 0 aliphatic rings. The smallest absolute Gasteiger partial charge is 0.261 e. The summed E-state index contributed by atoms with van der Waals surface area (Å²) in [6.45, 7) is 0. The van der Waals surface area contributed by atoms with Crippen LogP contribution in [0.2, 0.25) is 0 Å². The minimum atomic E-state index is 0.438. The van der Waals surface area contributed by atoms with Crippen LogP contribution >= 0.6 is 0 Å². The van der Waals surface area contributed by atoms with E-state index >= 15 is 0 Å². The zero-order valence-corrected chi connectivity index (χ0v) is 10.00. The lowest BCUT2D eigenvalue weighted by Gasteiger charge is -2.04. The number of nitrogens with zero attached hydrogens (tertiary/aromatic N) is 2. The molecular weight excluding hydrogens is 226 g/mol. The summed E-state index contributed by atoms with van der Waals surface area (Å²) in [6, 6.07) is 14.0. The third kappa shape index (κ3) is 1.88. The molecule has 3 aromatic rings. The predicted octanol–water partition coefficient (Wildman–Crippen LogP) is 2.95. The Hall–Kier alpha value is -2.49. The minimum absolute atomic E-state index is 0.438. The number of fused-ring (bicyclic) bond motifs is 1. The highest BCUT2D eigenvalue weighted by molar-refractivity contribution is 5.83. The molecule has 1 aromatic heterocycles. The van der Waals surface area contributed by atoms with Gasteiger partial charge in [0, 0.05) is 7.05 Å². The number of ether oxygens (including phenoxy) is 1. The molecule has 2 aromatic carbocycles. The van der Waals surface area contributed by atoms with Crippen LogP contribution < -0.4 is 10.5 Å². The molecule has 18 heavy (non-hydrogen) atoms. The number of hydrogen-bond donors (Lipinski definition) is 1. The third-order valence-electron chi connectivity index (χ3n) is 2.76. The van der Waals surface area contributed by atoms with Gasteiger partial charge in [-0.15, -0.1) is 5.10 Å². The molecule has 0 atom stereocenters. The molecule has 0 bridgehead atoms. The van der Waals surface area contributed by atoms with Crippen molar-refractivity contribution in [1.82, 2.24) is 9.78 Å². The van der Waals surface area contributed by atoms with Crippen molar-refractivity contribution in [2.45, 2.75) is 0 Å². The van der Waals surface area contributed by atoms with Crippen molar-refractivity contribution in [1.29, 1.82) is 0 Å². The van der Waals surface area contributed by atoms with Gasteiger partial charge in [-0.1, -0.05) is 30.3 Å². The van der Waals surface area contributed by atoms with Gasteiger partial charge < -0.3 is 10.5 Å². The number of nitrogens with two attached hydrogens (primary N) is 1. The number of rotatable bonds is 2. The van der Waals surface area contributed by atoms with Crippen LogP contribution in [0.4, 0.5) is 5.69 Å². The van der Waals surface area contributed by atoms with Gasteiger partial charge in [0.05, 0.1) is 6.20 Å². The van der Waals surface area contributed by atoms with Crippen molar-refractivity contribution in [3.63, 3.8) is 0 Å². The summed E-state index contributed by atoms with van der Waals surface area (Å²) < 4.78 is 7.31. The van der Waals surface area contributed by atoms with Gasteiger partial charge in [-0.2, -0.15) is 0 Å². The molecule has 0 fully saturated rings. The molecule has 0 saturated carbocycles. The Morgan fingerprint density at radius 1 is 1.11 bits per heavy atom. The quantitative estimate of drug-likeness (QED) is 0.748. The highest BCUT2D eigenvalue weighted by Crippen LogP contribution is 2.27. The largest absolute Gasteiger partial charge is 0.436 e. The van der Waals surface area contributed by atoms with Crippen LogP contribution in [-0.2, 0) is 7.05 Å². The molecule has 0 aliphatic carbocycles. The summed E-state index contributed by atoms with van der Waals surface area (Å²) in [5.74, 6) is 1.17. The van der Waals surface area contributed by atoms with E-state index in [9.17, 15) is 0 Å². The Kier molecular flexibility index (Phi) is 2.41. The highest BCUT2D eigenvalue weighted by atomic mass is 16.5. The van der Waals surface area contributed by atoms with Crippen molar-refractivity contribution < 1.29 is 4.74 Å². The topological polar surface area (TPSA) is 53.1 Å². The normalized spacial score (nSPS) is 10.7. The van der Waals surface area contributed by atoms with E-state index < -0.39 is 0 Å². The van der Waals surface area contributed by atoms with Gasteiger partial charge in [0.2, 0.25) is 0 Å². The number of hydrogen-bond acceptors (Lipinski definition) is 3. The van der Waals surface area contributed by atoms with E-state index in [1.165, 1.54) is 5.39 Å². The van der Waals surface area contributed by atoms with Gasteiger partial charge in [0.1, 0.15) is 11.4 Å². The maximum Gasteiger partial charge on any atom is 0.261 e. The van der Waals surface area contributed by atoms with Crippen LogP contribution in [0.5, 0.6) is 11.6 Å². The second-order valence-corrected chi connectivity index (χ2v) is 4.17. The fourth-order valence-electron chi connectivity index (χ4n) is 1.91. The molecule has 4 heteroatoms. The summed E-state index contributed by atoms with van der Waals surface area (Å²) in [5.41, 5.74) is 6.33. The first kappa shape index (κ1) is 10.7. The van der Waals surface area contributed by atoms with Crippen molar-refractivity contribution >= 4 is 16.5 Å². The number of benzene rings is 2. The van der Waals surface area contributed by atoms with Gasteiger partial charge in [-0.25, -0.2) is 0 Å². The van der Waals surface area contributed by atoms with E-state index in [2.05, 4.69) is 11.2 Å². The molecule has 0 spiro atoms. The first-order valence-electron chi connectivity index (χ1n) is 5.68. The minimum Gasteiger partial charge on any atom is -0.436 e. The summed E-state index contributed by atoms with van der Waals surface area (Å²) >= 11 is 0. The van der Waals surface area contributed by atoms with Crippen molar-refractivity contribution in [3.8, 4) is 11.6 Å². The Balaban J connectivity index is 1.97. The molecule has 0 amide bonds. The highest BCUT2D eigenvalue weighted by Gasteiger charge is 2.06. The number of nitrogen functional groups attached to an aromatic ring is 1. The molecule has 3 rings (SSSR count). The van der Waals surface area contributed by atoms with E-state index in [1.54, 1.807) is 10.9 Å². The number of aromatic nitrogens is 2. The molecular formula is C14H13N3O. The molecule has 90 valence electrons. The van der Waals surface area contributed by atoms with Gasteiger partial charge in [-0.3, -0.25) is 4.68 Å². The lowest BCUT2D eigenvalue weighted by molar-refractivity contribution is 0.456. The monoisotopic (exact) mass is 239 g/mol. The fraction of sp³-hybridized carbons (Fsp3) is 0.0714. The average Bonchev–Trinajstić information content (AvgIpc) is 2.68. The summed E-state index contributed by atoms with van der Waals surface area (Å²) in [5, 5.41) is 6.46. The maximum absolute atomic E-state index is 5.79. The molecule has 2 N–H and O–H groups in total. The predicted molar refractivity (Wildman–Crippen MR) is 71.6 cm³/mol. The second-order valence-electron chi connectivity index (χ2n) is 4.17. The van der Waals surface area contributed by atoms with Crippen LogP contribution in [0.1, 0.15) is 0 Å². The summed E-state index contributed by atoms with van der Waals surface area (Å²) in [7, 11) is 1.81. The molecule has 0 radical (unpaired) electrons. The average molecular weight is 239 g/mol. The fourth-order valence-corrected chi connectivity index (χ4v) is 1.91. The second kappa shape index (κ2) is 4.07. The Morgan fingerprint density at radius 3 is 2.61 bits per heavy atom. The van der Waals surface area contributed by atoms with E-state index in [-0.39, 0.29) is 0 Å². The van der Waals surface area contributed by atoms with Crippen LogP contribution in [0, 0.1) is 0 Å². The van der Waals surface area contributed by atoms with Crippen molar-refractivity contribution in [2.75, 3.05) is 5.73 Å². The number of aryl methyl sites for hydroxylation is 1. The van der Waals surface area contributed by atoms with Gasteiger partial charge in [0.25, 0.3) is 5.88 Å². The van der Waals surface area contributed by atoms with Gasteiger partial charge in [0.15, 0.2) is 0 Å². The zero-order valence-electron chi connectivity index (χ0n) is 10.00. The lowest BCUT2D eigenvalue weighted by Crippen LogP contribution is -1.91.